The van der Waals surface area contributed by atoms with E-state index in [-0.39, 0.29) is 11.9 Å². The molecule has 1 unspecified atom stereocenters. The number of nitrogens with zero attached hydrogens (tertiary/aromatic N) is 2. The van der Waals surface area contributed by atoms with Gasteiger partial charge >= 0.3 is 6.03 Å². The number of amides is 4. The average Bonchev–Trinajstić information content (AvgIpc) is 3.13. The average molecular weight is 362 g/mol. The Hall–Kier alpha value is -2.57. The molecule has 7 heteroatoms. The lowest BCUT2D eigenvalue weighted by atomic mass is 10.2. The van der Waals surface area contributed by atoms with Gasteiger partial charge in [0, 0.05) is 20.1 Å². The predicted octanol–water partition coefficient (Wildman–Crippen LogP) is 1.72. The van der Waals surface area contributed by atoms with Crippen molar-refractivity contribution in [1.29, 1.82) is 0 Å². The van der Waals surface area contributed by atoms with Crippen LogP contribution < -0.4 is 11.1 Å². The fraction of sp³-hybridized carbons (Fsp3) is 0.526. The zero-order chi connectivity index (χ0) is 19.7. The molecule has 1 aromatic rings. The molecular weight excluding hydrogens is 332 g/mol. The predicted molar refractivity (Wildman–Crippen MR) is 101 cm³/mol. The van der Waals surface area contributed by atoms with Crippen molar-refractivity contribution in [3.05, 3.63) is 35.9 Å². The van der Waals surface area contributed by atoms with E-state index in [0.717, 1.165) is 12.0 Å². The molecule has 0 spiro atoms. The molecule has 1 fully saturated rings. The highest BCUT2D eigenvalue weighted by atomic mass is 16.2. The molecular formula is C19H30N4O3. The number of nitrogens with one attached hydrogen (secondary N) is 1. The number of likely N-dealkylation sites (tertiary alicyclic amines) is 1. The van der Waals surface area contributed by atoms with Crippen molar-refractivity contribution in [3.63, 3.8) is 0 Å². The Morgan fingerprint density at radius 1 is 1.27 bits per heavy atom. The lowest BCUT2D eigenvalue weighted by Gasteiger charge is -2.27. The molecule has 3 N–H and O–H groups in total. The molecule has 4 amide bonds. The third-order valence-corrected chi connectivity index (χ3v) is 4.18. The Morgan fingerprint density at radius 2 is 1.88 bits per heavy atom. The molecule has 1 saturated heterocycles. The van der Waals surface area contributed by atoms with Crippen molar-refractivity contribution in [2.24, 2.45) is 5.73 Å². The smallest absolute Gasteiger partial charge is 0.318 e. The van der Waals surface area contributed by atoms with E-state index < -0.39 is 18.0 Å². The molecule has 0 saturated carbocycles. The Balaban J connectivity index is 0.00000163. The van der Waals surface area contributed by atoms with Crippen molar-refractivity contribution in [1.82, 2.24) is 15.1 Å². The summed E-state index contributed by atoms with van der Waals surface area (Å²) in [6, 6.07) is 7.97. The summed E-state index contributed by atoms with van der Waals surface area (Å²) >= 11 is 0. The largest absolute Gasteiger partial charge is 0.368 e. The number of carbonyl (C=O) groups excluding carboxylic acids is 3. The van der Waals surface area contributed by atoms with Crippen molar-refractivity contribution in [2.75, 3.05) is 13.6 Å². The van der Waals surface area contributed by atoms with E-state index in [2.05, 4.69) is 5.32 Å². The van der Waals surface area contributed by atoms with E-state index in [1.807, 2.05) is 44.2 Å². The van der Waals surface area contributed by atoms with Gasteiger partial charge in [-0.05, 0) is 25.3 Å². The fourth-order valence-corrected chi connectivity index (χ4v) is 2.86. The second kappa shape index (κ2) is 10.4. The molecule has 1 aromatic carbocycles. The lowest BCUT2D eigenvalue weighted by molar-refractivity contribution is -0.138. The third kappa shape index (κ3) is 5.75. The Labute approximate surface area is 155 Å². The van der Waals surface area contributed by atoms with Crippen molar-refractivity contribution in [3.8, 4) is 0 Å². The van der Waals surface area contributed by atoms with Gasteiger partial charge in [0.1, 0.15) is 12.1 Å². The minimum Gasteiger partial charge on any atom is -0.368 e. The van der Waals surface area contributed by atoms with E-state index in [1.54, 1.807) is 14.0 Å². The van der Waals surface area contributed by atoms with Crippen LogP contribution in [-0.4, -0.2) is 53.3 Å². The van der Waals surface area contributed by atoms with Crippen LogP contribution in [-0.2, 0) is 16.1 Å². The molecule has 1 aliphatic rings. The summed E-state index contributed by atoms with van der Waals surface area (Å²) in [7, 11) is 1.67. The number of primary amides is 1. The van der Waals surface area contributed by atoms with Gasteiger partial charge in [0.15, 0.2) is 0 Å². The van der Waals surface area contributed by atoms with Crippen molar-refractivity contribution in [2.45, 2.75) is 52.2 Å². The lowest BCUT2D eigenvalue weighted by Crippen LogP contribution is -2.53. The van der Waals surface area contributed by atoms with Crippen LogP contribution in [0.5, 0.6) is 0 Å². The Kier molecular flexibility index (Phi) is 8.61. The number of carbonyl (C=O) groups is 3. The number of benzene rings is 1. The normalized spacial score (nSPS) is 16.9. The topological polar surface area (TPSA) is 95.7 Å². The molecule has 1 aliphatic heterocycles. The Bertz CT molecular complexity index is 606. The van der Waals surface area contributed by atoms with Gasteiger partial charge in [0.25, 0.3) is 0 Å². The summed E-state index contributed by atoms with van der Waals surface area (Å²) < 4.78 is 0. The highest BCUT2D eigenvalue weighted by Crippen LogP contribution is 2.18. The van der Waals surface area contributed by atoms with Gasteiger partial charge in [0.05, 0.1) is 0 Å². The number of hydrogen-bond acceptors (Lipinski definition) is 3. The van der Waals surface area contributed by atoms with Crippen molar-refractivity contribution >= 4 is 17.8 Å². The molecule has 1 heterocycles. The third-order valence-electron chi connectivity index (χ3n) is 4.18. The maximum absolute atomic E-state index is 12.5. The van der Waals surface area contributed by atoms with E-state index in [1.165, 1.54) is 9.80 Å². The molecule has 0 radical (unpaired) electrons. The maximum Gasteiger partial charge on any atom is 0.318 e. The monoisotopic (exact) mass is 362 g/mol. The summed E-state index contributed by atoms with van der Waals surface area (Å²) in [4.78, 5) is 39.1. The summed E-state index contributed by atoms with van der Waals surface area (Å²) in [5, 5.41) is 2.68. The van der Waals surface area contributed by atoms with Crippen molar-refractivity contribution < 1.29 is 14.4 Å². The van der Waals surface area contributed by atoms with Gasteiger partial charge in [-0.2, -0.15) is 0 Å². The zero-order valence-corrected chi connectivity index (χ0v) is 16.1. The molecule has 26 heavy (non-hydrogen) atoms. The zero-order valence-electron chi connectivity index (χ0n) is 16.1. The summed E-state index contributed by atoms with van der Waals surface area (Å²) in [6.45, 7) is 6.56. The van der Waals surface area contributed by atoms with Gasteiger partial charge < -0.3 is 20.9 Å². The molecule has 0 aliphatic carbocycles. The van der Waals surface area contributed by atoms with Gasteiger partial charge in [-0.1, -0.05) is 44.2 Å². The first-order valence-corrected chi connectivity index (χ1v) is 9.05. The van der Waals surface area contributed by atoms with Crippen LogP contribution in [0.3, 0.4) is 0 Å². The van der Waals surface area contributed by atoms with Crippen LogP contribution in [0.15, 0.2) is 30.3 Å². The van der Waals surface area contributed by atoms with E-state index in [0.29, 0.717) is 19.5 Å². The second-order valence-corrected chi connectivity index (χ2v) is 6.10. The molecule has 144 valence electrons. The van der Waals surface area contributed by atoms with Crippen LogP contribution in [0, 0.1) is 0 Å². The number of rotatable bonds is 5. The first kappa shape index (κ1) is 21.5. The number of nitrogens with two attached hydrogens (primary N) is 1. The highest BCUT2D eigenvalue weighted by Gasteiger charge is 2.35. The second-order valence-electron chi connectivity index (χ2n) is 6.10. The molecule has 7 nitrogen and oxygen atoms in total. The highest BCUT2D eigenvalue weighted by molar-refractivity contribution is 5.91. The molecule has 0 bridgehead atoms. The first-order chi connectivity index (χ1) is 12.4. The van der Waals surface area contributed by atoms with Gasteiger partial charge in [-0.3, -0.25) is 9.59 Å². The van der Waals surface area contributed by atoms with Gasteiger partial charge in [-0.25, -0.2) is 4.79 Å². The standard InChI is InChI=1S/C17H24N4O3.C2H6/c1-12(16(23)21-10-6-9-14(21)15(18)22)19-17(24)20(2)11-13-7-4-3-5-8-13;1-2/h3-5,7-8,12,14H,6,9-11H2,1-2H3,(H2,18,22)(H,19,24);1-2H3/t12-,14?;/m0./s1. The number of urea groups is 1. The van der Waals surface area contributed by atoms with Crippen LogP contribution >= 0.6 is 0 Å². The quantitative estimate of drug-likeness (QED) is 0.835. The van der Waals surface area contributed by atoms with E-state index in [4.69, 9.17) is 5.73 Å². The molecule has 2 rings (SSSR count). The maximum atomic E-state index is 12.5. The van der Waals surface area contributed by atoms with E-state index in [9.17, 15) is 14.4 Å². The van der Waals surface area contributed by atoms with Crippen LogP contribution in [0.2, 0.25) is 0 Å². The summed E-state index contributed by atoms with van der Waals surface area (Å²) in [5.74, 6) is -0.779. The summed E-state index contributed by atoms with van der Waals surface area (Å²) in [5.41, 5.74) is 6.34. The van der Waals surface area contributed by atoms with Gasteiger partial charge in [0.2, 0.25) is 11.8 Å². The molecule has 0 aromatic heterocycles. The first-order valence-electron chi connectivity index (χ1n) is 9.05. The number of hydrogen-bond donors (Lipinski definition) is 2. The van der Waals surface area contributed by atoms with Crippen LogP contribution in [0.1, 0.15) is 39.2 Å². The minimum absolute atomic E-state index is 0.280. The van der Waals surface area contributed by atoms with Crippen LogP contribution in [0.25, 0.3) is 0 Å². The van der Waals surface area contributed by atoms with Gasteiger partial charge in [-0.15, -0.1) is 0 Å². The van der Waals surface area contributed by atoms with Crippen LogP contribution in [0.4, 0.5) is 4.79 Å². The van der Waals surface area contributed by atoms with E-state index >= 15 is 0 Å². The minimum atomic E-state index is -0.712. The Morgan fingerprint density at radius 3 is 2.46 bits per heavy atom. The SMILES string of the molecule is CC.C[C@H](NC(=O)N(C)Cc1ccccc1)C(=O)N1CCCC1C(N)=O. The fourth-order valence-electron chi connectivity index (χ4n) is 2.86. The summed E-state index contributed by atoms with van der Waals surface area (Å²) in [6.07, 6.45) is 1.32. The molecule has 2 atom stereocenters.